The predicted molar refractivity (Wildman–Crippen MR) is 107 cm³/mol. The van der Waals surface area contributed by atoms with Gasteiger partial charge in [-0.1, -0.05) is 55.2 Å². The number of carbonyl (C=O) groups excluding carboxylic acids is 1. The van der Waals surface area contributed by atoms with Gasteiger partial charge in [0.25, 0.3) is 5.91 Å². The van der Waals surface area contributed by atoms with Gasteiger partial charge < -0.3 is 10.1 Å². The summed E-state index contributed by atoms with van der Waals surface area (Å²) in [5.41, 5.74) is 1.68. The molecule has 0 heterocycles. The quantitative estimate of drug-likeness (QED) is 0.697. The van der Waals surface area contributed by atoms with Crippen molar-refractivity contribution in [3.8, 4) is 5.75 Å². The molecule has 2 rings (SSSR count). The maximum Gasteiger partial charge on any atom is 0.264 e. The van der Waals surface area contributed by atoms with Gasteiger partial charge in [0, 0.05) is 5.69 Å². The van der Waals surface area contributed by atoms with Crippen LogP contribution < -0.4 is 15.4 Å². The highest BCUT2D eigenvalue weighted by molar-refractivity contribution is 7.80. The van der Waals surface area contributed by atoms with Gasteiger partial charge in [0.15, 0.2) is 11.7 Å². The Hall–Kier alpha value is -1.82. The highest BCUT2D eigenvalue weighted by Gasteiger charge is 2.10. The van der Waals surface area contributed by atoms with E-state index in [1.54, 1.807) is 18.2 Å². The number of thiocarbonyl (C=S) groups is 1. The molecule has 0 bridgehead atoms. The van der Waals surface area contributed by atoms with Crippen LogP contribution in [0.2, 0.25) is 10.0 Å². The summed E-state index contributed by atoms with van der Waals surface area (Å²) in [6.45, 7) is 4.00. The molecule has 0 spiro atoms. The topological polar surface area (TPSA) is 50.4 Å². The first-order valence-electron chi connectivity index (χ1n) is 7.64. The molecular weight excluding hydrogens is 379 g/mol. The normalized spacial score (nSPS) is 10.4. The minimum atomic E-state index is -0.351. The van der Waals surface area contributed by atoms with Gasteiger partial charge in [-0.2, -0.15) is 0 Å². The number of rotatable bonds is 5. The maximum absolute atomic E-state index is 12.0. The number of hydrogen-bond donors (Lipinski definition) is 2. The minimum Gasteiger partial charge on any atom is -0.483 e. The van der Waals surface area contributed by atoms with Crippen LogP contribution >= 0.6 is 35.4 Å². The Morgan fingerprint density at radius 1 is 1.16 bits per heavy atom. The lowest BCUT2D eigenvalue weighted by Crippen LogP contribution is -2.37. The molecule has 7 heteroatoms. The Morgan fingerprint density at radius 2 is 1.88 bits per heavy atom. The van der Waals surface area contributed by atoms with Gasteiger partial charge in [0.2, 0.25) is 0 Å². The molecule has 0 saturated carbocycles. The summed E-state index contributed by atoms with van der Waals surface area (Å²) >= 11 is 16.9. The zero-order valence-corrected chi connectivity index (χ0v) is 16.1. The first kappa shape index (κ1) is 19.5. The standard InChI is InChI=1S/C18H18Cl2N2O2S/c1-11(2)13-5-3-4-6-16(13)24-10-17(23)22-18(25)21-12-7-8-14(19)15(20)9-12/h3-9,11H,10H2,1-2H3,(H2,21,22,23,25). The predicted octanol–water partition coefficient (Wildman–Crippen LogP) is 5.01. The van der Waals surface area contributed by atoms with E-state index in [-0.39, 0.29) is 17.6 Å². The van der Waals surface area contributed by atoms with Crippen LogP contribution in [0.5, 0.6) is 5.75 Å². The number of anilines is 1. The molecular formula is C18H18Cl2N2O2S. The first-order valence-corrected chi connectivity index (χ1v) is 8.81. The molecule has 0 aliphatic heterocycles. The minimum absolute atomic E-state index is 0.132. The number of para-hydroxylation sites is 1. The summed E-state index contributed by atoms with van der Waals surface area (Å²) in [4.78, 5) is 12.0. The van der Waals surface area contributed by atoms with Gasteiger partial charge in [0.05, 0.1) is 10.0 Å². The molecule has 2 aromatic carbocycles. The molecule has 0 fully saturated rings. The van der Waals surface area contributed by atoms with Crippen LogP contribution in [0.25, 0.3) is 0 Å². The molecule has 0 aliphatic carbocycles. The van der Waals surface area contributed by atoms with E-state index in [1.165, 1.54) is 0 Å². The Bertz CT molecular complexity index is 781. The van der Waals surface area contributed by atoms with Crippen LogP contribution in [-0.2, 0) is 4.79 Å². The lowest BCUT2D eigenvalue weighted by molar-refractivity contribution is -0.121. The largest absolute Gasteiger partial charge is 0.483 e. The van der Waals surface area contributed by atoms with Crippen LogP contribution in [-0.4, -0.2) is 17.6 Å². The average molecular weight is 397 g/mol. The fourth-order valence-corrected chi connectivity index (χ4v) is 2.66. The average Bonchev–Trinajstić information content (AvgIpc) is 2.56. The number of halogens is 2. The lowest BCUT2D eigenvalue weighted by Gasteiger charge is -2.14. The molecule has 0 saturated heterocycles. The monoisotopic (exact) mass is 396 g/mol. The number of benzene rings is 2. The summed E-state index contributed by atoms with van der Waals surface area (Å²) in [6, 6.07) is 12.6. The van der Waals surface area contributed by atoms with E-state index in [0.717, 1.165) is 5.56 Å². The summed E-state index contributed by atoms with van der Waals surface area (Å²) in [6.07, 6.45) is 0. The molecule has 2 N–H and O–H groups in total. The zero-order valence-electron chi connectivity index (χ0n) is 13.8. The Balaban J connectivity index is 1.87. The number of nitrogens with one attached hydrogen (secondary N) is 2. The summed E-state index contributed by atoms with van der Waals surface area (Å²) in [5, 5.41) is 6.43. The van der Waals surface area contributed by atoms with Crippen molar-refractivity contribution in [1.29, 1.82) is 0 Å². The number of amides is 1. The fraction of sp³-hybridized carbons (Fsp3) is 0.222. The first-order chi connectivity index (χ1) is 11.9. The van der Waals surface area contributed by atoms with E-state index in [1.807, 2.05) is 24.3 Å². The summed E-state index contributed by atoms with van der Waals surface area (Å²) < 4.78 is 5.61. The molecule has 0 aromatic heterocycles. The highest BCUT2D eigenvalue weighted by Crippen LogP contribution is 2.26. The third kappa shape index (κ3) is 5.88. The van der Waals surface area contributed by atoms with Gasteiger partial charge in [-0.15, -0.1) is 0 Å². The van der Waals surface area contributed by atoms with E-state index in [2.05, 4.69) is 24.5 Å². The molecule has 0 aliphatic rings. The molecule has 25 heavy (non-hydrogen) atoms. The fourth-order valence-electron chi connectivity index (χ4n) is 2.13. The van der Waals surface area contributed by atoms with Crippen LogP contribution in [0.3, 0.4) is 0 Å². The third-order valence-corrected chi connectivity index (χ3v) is 4.27. The summed E-state index contributed by atoms with van der Waals surface area (Å²) in [5.74, 6) is 0.642. The van der Waals surface area contributed by atoms with Crippen molar-refractivity contribution in [2.24, 2.45) is 0 Å². The molecule has 0 atom stereocenters. The van der Waals surface area contributed by atoms with Crippen LogP contribution in [0.15, 0.2) is 42.5 Å². The van der Waals surface area contributed by atoms with Crippen LogP contribution in [0.4, 0.5) is 5.69 Å². The van der Waals surface area contributed by atoms with Gasteiger partial charge >= 0.3 is 0 Å². The number of carbonyl (C=O) groups is 1. The van der Waals surface area contributed by atoms with Gasteiger partial charge in [-0.25, -0.2) is 0 Å². The molecule has 2 aromatic rings. The SMILES string of the molecule is CC(C)c1ccccc1OCC(=O)NC(=S)Nc1ccc(Cl)c(Cl)c1. The summed E-state index contributed by atoms with van der Waals surface area (Å²) in [7, 11) is 0. The van der Waals surface area contributed by atoms with Gasteiger partial charge in [-0.3, -0.25) is 10.1 Å². The molecule has 4 nitrogen and oxygen atoms in total. The van der Waals surface area contributed by atoms with Crippen LogP contribution in [0, 0.1) is 0 Å². The second-order valence-electron chi connectivity index (χ2n) is 5.61. The van der Waals surface area contributed by atoms with Crippen molar-refractivity contribution in [3.63, 3.8) is 0 Å². The zero-order chi connectivity index (χ0) is 18.4. The van der Waals surface area contributed by atoms with Crippen molar-refractivity contribution < 1.29 is 9.53 Å². The van der Waals surface area contributed by atoms with E-state index >= 15 is 0 Å². The van der Waals surface area contributed by atoms with Crippen molar-refractivity contribution in [2.75, 3.05) is 11.9 Å². The smallest absolute Gasteiger partial charge is 0.264 e. The Labute approximate surface area is 162 Å². The maximum atomic E-state index is 12.0. The second kappa shape index (κ2) is 9.04. The Morgan fingerprint density at radius 3 is 2.56 bits per heavy atom. The van der Waals surface area contributed by atoms with Gasteiger partial charge in [-0.05, 0) is 48.0 Å². The van der Waals surface area contributed by atoms with E-state index in [0.29, 0.717) is 27.4 Å². The van der Waals surface area contributed by atoms with Crippen molar-refractivity contribution in [2.45, 2.75) is 19.8 Å². The lowest BCUT2D eigenvalue weighted by atomic mass is 10.0. The molecule has 0 unspecified atom stereocenters. The van der Waals surface area contributed by atoms with E-state index < -0.39 is 0 Å². The van der Waals surface area contributed by atoms with Gasteiger partial charge in [0.1, 0.15) is 5.75 Å². The number of ether oxygens (including phenoxy) is 1. The van der Waals surface area contributed by atoms with E-state index in [9.17, 15) is 4.79 Å². The van der Waals surface area contributed by atoms with Crippen molar-refractivity contribution >= 4 is 52.1 Å². The third-order valence-electron chi connectivity index (χ3n) is 3.33. The Kier molecular flexibility index (Phi) is 7.05. The van der Waals surface area contributed by atoms with Crippen molar-refractivity contribution in [1.82, 2.24) is 5.32 Å². The van der Waals surface area contributed by atoms with E-state index in [4.69, 9.17) is 40.2 Å². The van der Waals surface area contributed by atoms with Crippen molar-refractivity contribution in [3.05, 3.63) is 58.1 Å². The number of hydrogen-bond acceptors (Lipinski definition) is 3. The van der Waals surface area contributed by atoms with Crippen LogP contribution in [0.1, 0.15) is 25.3 Å². The molecule has 0 radical (unpaired) electrons. The molecule has 1 amide bonds. The highest BCUT2D eigenvalue weighted by atomic mass is 35.5. The second-order valence-corrected chi connectivity index (χ2v) is 6.84. The molecule has 132 valence electrons.